The fraction of sp³-hybridized carbons (Fsp3) is 0.917. The van der Waals surface area contributed by atoms with Crippen LogP contribution in [0.2, 0.25) is 0 Å². The normalized spacial score (nSPS) is 39.4. The van der Waals surface area contributed by atoms with Crippen molar-refractivity contribution in [2.24, 2.45) is 17.8 Å². The molecule has 1 N–H and O–H groups in total. The molecule has 1 heterocycles. The highest BCUT2D eigenvalue weighted by Gasteiger charge is 2.48. The monoisotopic (exact) mass is 223 g/mol. The number of hydrogen-bond donors (Lipinski definition) is 1. The number of nitrogens with one attached hydrogen (secondary N) is 1. The summed E-state index contributed by atoms with van der Waals surface area (Å²) in [6.45, 7) is 4.02. The van der Waals surface area contributed by atoms with Crippen molar-refractivity contribution in [3.63, 3.8) is 0 Å². The van der Waals surface area contributed by atoms with Gasteiger partial charge in [0.25, 0.3) is 0 Å². The summed E-state index contributed by atoms with van der Waals surface area (Å²) in [4.78, 5) is 14.3. The van der Waals surface area contributed by atoms with Gasteiger partial charge in [-0.2, -0.15) is 0 Å². The van der Waals surface area contributed by atoms with E-state index in [1.807, 2.05) is 0 Å². The summed E-state index contributed by atoms with van der Waals surface area (Å²) >= 11 is 0. The molecule has 2 saturated carbocycles. The number of hydrogen-bond acceptors (Lipinski definition) is 3. The van der Waals surface area contributed by atoms with Crippen LogP contribution in [0.5, 0.6) is 0 Å². The number of fused-ring (bicyclic) bond motifs is 1. The summed E-state index contributed by atoms with van der Waals surface area (Å²) in [6.07, 6.45) is 3.67. The zero-order valence-electron chi connectivity index (χ0n) is 9.98. The number of carbonyl (C=O) groups is 1. The predicted octanol–water partition coefficient (Wildman–Crippen LogP) is 0.311. The topological polar surface area (TPSA) is 35.6 Å². The van der Waals surface area contributed by atoms with Gasteiger partial charge < -0.3 is 4.90 Å². The molecular weight excluding hydrogens is 202 g/mol. The zero-order valence-corrected chi connectivity index (χ0v) is 9.98. The Morgan fingerprint density at radius 1 is 1.06 bits per heavy atom. The van der Waals surface area contributed by atoms with Crippen molar-refractivity contribution in [2.75, 3.05) is 33.2 Å². The third kappa shape index (κ3) is 2.09. The first-order valence-corrected chi connectivity index (χ1v) is 6.46. The molecule has 3 aliphatic rings. The minimum atomic E-state index is 0.275. The number of likely N-dealkylation sites (N-methyl/N-ethyl adjacent to an activating group) is 1. The second-order valence-corrected chi connectivity index (χ2v) is 5.69. The van der Waals surface area contributed by atoms with Gasteiger partial charge in [0.2, 0.25) is 5.91 Å². The molecule has 0 aromatic heterocycles. The van der Waals surface area contributed by atoms with E-state index in [0.717, 1.165) is 50.9 Å². The fourth-order valence-electron chi connectivity index (χ4n) is 3.09. The average Bonchev–Trinajstić information content (AvgIpc) is 2.89. The first-order valence-electron chi connectivity index (χ1n) is 6.46. The molecule has 1 amide bonds. The van der Waals surface area contributed by atoms with Crippen molar-refractivity contribution >= 4 is 5.91 Å². The van der Waals surface area contributed by atoms with Gasteiger partial charge >= 0.3 is 0 Å². The quantitative estimate of drug-likeness (QED) is 0.732. The van der Waals surface area contributed by atoms with Crippen molar-refractivity contribution in [3.8, 4) is 0 Å². The second kappa shape index (κ2) is 4.00. The fourth-order valence-corrected chi connectivity index (χ4v) is 3.09. The molecule has 90 valence electrons. The van der Waals surface area contributed by atoms with Gasteiger partial charge in [-0.05, 0) is 38.1 Å². The summed E-state index contributed by atoms with van der Waals surface area (Å²) < 4.78 is 0. The van der Waals surface area contributed by atoms with E-state index in [2.05, 4.69) is 22.4 Å². The Bertz CT molecular complexity index is 276. The number of nitrogens with zero attached hydrogens (tertiary/aromatic N) is 2. The van der Waals surface area contributed by atoms with E-state index in [1.165, 1.54) is 6.42 Å². The van der Waals surface area contributed by atoms with Crippen LogP contribution in [-0.4, -0.2) is 49.0 Å². The summed E-state index contributed by atoms with van der Waals surface area (Å²) in [6, 6.07) is 0. The standard InChI is InChI=1S/C12H21N3O/c1-14-2-4-15(5-3-14)13-12(16)11-7-9-6-10(9)8-11/h9-11H,2-8H2,1H3,(H,13,16). The van der Waals surface area contributed by atoms with E-state index in [4.69, 9.17) is 0 Å². The van der Waals surface area contributed by atoms with Crippen LogP contribution in [0.15, 0.2) is 0 Å². The lowest BCUT2D eigenvalue weighted by atomic mass is 10.0. The maximum atomic E-state index is 12.0. The lowest BCUT2D eigenvalue weighted by molar-refractivity contribution is -0.130. The van der Waals surface area contributed by atoms with Crippen molar-refractivity contribution in [2.45, 2.75) is 19.3 Å². The number of hydrazine groups is 1. The molecule has 16 heavy (non-hydrogen) atoms. The molecule has 3 fully saturated rings. The molecule has 4 nitrogen and oxygen atoms in total. The first kappa shape index (κ1) is 10.5. The van der Waals surface area contributed by atoms with Gasteiger partial charge in [-0.15, -0.1) is 0 Å². The van der Waals surface area contributed by atoms with Crippen LogP contribution in [0, 0.1) is 17.8 Å². The SMILES string of the molecule is CN1CCN(NC(=O)C2CC3CC3C2)CC1. The van der Waals surface area contributed by atoms with Crippen molar-refractivity contribution in [1.29, 1.82) is 0 Å². The second-order valence-electron chi connectivity index (χ2n) is 5.69. The van der Waals surface area contributed by atoms with Gasteiger partial charge in [-0.25, -0.2) is 5.01 Å². The van der Waals surface area contributed by atoms with Gasteiger partial charge in [-0.3, -0.25) is 10.2 Å². The number of carbonyl (C=O) groups excluding carboxylic acids is 1. The van der Waals surface area contributed by atoms with E-state index < -0.39 is 0 Å². The van der Waals surface area contributed by atoms with E-state index in [1.54, 1.807) is 0 Å². The van der Waals surface area contributed by atoms with Crippen molar-refractivity contribution in [3.05, 3.63) is 0 Å². The maximum absolute atomic E-state index is 12.0. The smallest absolute Gasteiger partial charge is 0.237 e. The Balaban J connectivity index is 1.45. The van der Waals surface area contributed by atoms with Crippen molar-refractivity contribution in [1.82, 2.24) is 15.3 Å². The minimum absolute atomic E-state index is 0.275. The predicted molar refractivity (Wildman–Crippen MR) is 61.5 cm³/mol. The van der Waals surface area contributed by atoms with E-state index in [9.17, 15) is 4.79 Å². The molecule has 3 rings (SSSR count). The molecule has 2 aliphatic carbocycles. The summed E-state index contributed by atoms with van der Waals surface area (Å²) in [5, 5.41) is 2.09. The van der Waals surface area contributed by atoms with Crippen LogP contribution in [0.4, 0.5) is 0 Å². The Hall–Kier alpha value is -0.610. The van der Waals surface area contributed by atoms with Crippen LogP contribution >= 0.6 is 0 Å². The lowest BCUT2D eigenvalue weighted by Gasteiger charge is -2.33. The lowest BCUT2D eigenvalue weighted by Crippen LogP contribution is -2.53. The van der Waals surface area contributed by atoms with Crippen LogP contribution in [0.3, 0.4) is 0 Å². The summed E-state index contributed by atoms with van der Waals surface area (Å²) in [7, 11) is 2.13. The minimum Gasteiger partial charge on any atom is -0.304 e. The number of piperazine rings is 1. The van der Waals surface area contributed by atoms with Gasteiger partial charge in [0.1, 0.15) is 0 Å². The van der Waals surface area contributed by atoms with Gasteiger partial charge in [0, 0.05) is 32.1 Å². The highest BCUT2D eigenvalue weighted by molar-refractivity contribution is 5.78. The van der Waals surface area contributed by atoms with Gasteiger partial charge in [0.05, 0.1) is 0 Å². The van der Waals surface area contributed by atoms with Crippen LogP contribution in [0.1, 0.15) is 19.3 Å². The van der Waals surface area contributed by atoms with Gasteiger partial charge in [0.15, 0.2) is 0 Å². The molecule has 0 aromatic rings. The molecule has 2 atom stereocenters. The molecule has 0 bridgehead atoms. The highest BCUT2D eigenvalue weighted by atomic mass is 16.2. The largest absolute Gasteiger partial charge is 0.304 e. The Morgan fingerprint density at radius 3 is 2.31 bits per heavy atom. The molecule has 0 radical (unpaired) electrons. The highest BCUT2D eigenvalue weighted by Crippen LogP contribution is 2.54. The third-order valence-corrected chi connectivity index (χ3v) is 4.39. The molecule has 1 saturated heterocycles. The first-order chi connectivity index (χ1) is 7.72. The van der Waals surface area contributed by atoms with Crippen LogP contribution in [-0.2, 0) is 4.79 Å². The zero-order chi connectivity index (χ0) is 11.1. The third-order valence-electron chi connectivity index (χ3n) is 4.39. The molecule has 4 heteroatoms. The summed E-state index contributed by atoms with van der Waals surface area (Å²) in [5.74, 6) is 2.37. The molecule has 0 spiro atoms. The maximum Gasteiger partial charge on any atom is 0.237 e. The van der Waals surface area contributed by atoms with Crippen molar-refractivity contribution < 1.29 is 4.79 Å². The van der Waals surface area contributed by atoms with E-state index >= 15 is 0 Å². The Morgan fingerprint density at radius 2 is 1.69 bits per heavy atom. The average molecular weight is 223 g/mol. The van der Waals surface area contributed by atoms with E-state index in [0.29, 0.717) is 5.92 Å². The molecular formula is C12H21N3O. The molecule has 0 aromatic carbocycles. The summed E-state index contributed by atoms with van der Waals surface area (Å²) in [5.41, 5.74) is 3.09. The Labute approximate surface area is 96.9 Å². The van der Waals surface area contributed by atoms with E-state index in [-0.39, 0.29) is 5.91 Å². The number of rotatable bonds is 2. The molecule has 2 unspecified atom stereocenters. The van der Waals surface area contributed by atoms with Crippen LogP contribution in [0.25, 0.3) is 0 Å². The number of amides is 1. The van der Waals surface area contributed by atoms with Crippen LogP contribution < -0.4 is 5.43 Å². The Kier molecular flexibility index (Phi) is 2.64. The van der Waals surface area contributed by atoms with Gasteiger partial charge in [-0.1, -0.05) is 0 Å². The molecule has 1 aliphatic heterocycles.